The Morgan fingerprint density at radius 2 is 2.00 bits per heavy atom. The van der Waals surface area contributed by atoms with Gasteiger partial charge in [0.25, 0.3) is 0 Å². The molecule has 0 aromatic heterocycles. The summed E-state index contributed by atoms with van der Waals surface area (Å²) in [7, 11) is 1.63. The van der Waals surface area contributed by atoms with Crippen molar-refractivity contribution in [3.63, 3.8) is 0 Å². The Kier molecular flexibility index (Phi) is 6.73. The number of carbonyl (C=O) groups is 2. The van der Waals surface area contributed by atoms with Crippen LogP contribution in [0, 0.1) is 5.82 Å². The minimum absolute atomic E-state index is 0.0375. The summed E-state index contributed by atoms with van der Waals surface area (Å²) in [6, 6.07) is 6.08. The molecule has 1 aromatic carbocycles. The highest BCUT2D eigenvalue weighted by Crippen LogP contribution is 2.24. The zero-order chi connectivity index (χ0) is 17.5. The van der Waals surface area contributed by atoms with Gasteiger partial charge in [0.2, 0.25) is 11.8 Å². The van der Waals surface area contributed by atoms with Gasteiger partial charge in [-0.15, -0.1) is 0 Å². The third-order valence-corrected chi connectivity index (χ3v) is 4.57. The average molecular weight is 336 g/mol. The van der Waals surface area contributed by atoms with E-state index in [1.807, 2.05) is 4.90 Å². The van der Waals surface area contributed by atoms with E-state index in [2.05, 4.69) is 0 Å². The molecule has 1 saturated heterocycles. The molecule has 132 valence electrons. The molecule has 2 N–H and O–H groups in total. The van der Waals surface area contributed by atoms with E-state index in [0.29, 0.717) is 25.8 Å². The van der Waals surface area contributed by atoms with Gasteiger partial charge in [0.05, 0.1) is 12.1 Å². The van der Waals surface area contributed by atoms with Gasteiger partial charge in [-0.1, -0.05) is 12.1 Å². The Morgan fingerprint density at radius 1 is 1.29 bits per heavy atom. The SMILES string of the molecule is CO[C@H]1CCCN(C(=O)CCc2ccc(F)cc2)[C@H]1CCC(N)=O. The molecule has 1 aliphatic rings. The van der Waals surface area contributed by atoms with Crippen LogP contribution in [0.2, 0.25) is 0 Å². The molecule has 6 heteroatoms. The van der Waals surface area contributed by atoms with Crippen molar-refractivity contribution in [3.8, 4) is 0 Å². The summed E-state index contributed by atoms with van der Waals surface area (Å²) >= 11 is 0. The Morgan fingerprint density at radius 3 is 2.62 bits per heavy atom. The number of nitrogens with two attached hydrogens (primary N) is 1. The van der Waals surface area contributed by atoms with Crippen molar-refractivity contribution in [1.29, 1.82) is 0 Å². The first-order chi connectivity index (χ1) is 11.5. The Labute approximate surface area is 142 Å². The summed E-state index contributed by atoms with van der Waals surface area (Å²) in [5, 5.41) is 0. The first kappa shape index (κ1) is 18.4. The molecule has 0 unspecified atom stereocenters. The molecule has 0 aliphatic carbocycles. The van der Waals surface area contributed by atoms with E-state index in [4.69, 9.17) is 10.5 Å². The van der Waals surface area contributed by atoms with Crippen molar-refractivity contribution in [3.05, 3.63) is 35.6 Å². The third-order valence-electron chi connectivity index (χ3n) is 4.57. The highest BCUT2D eigenvalue weighted by molar-refractivity contribution is 5.77. The summed E-state index contributed by atoms with van der Waals surface area (Å²) in [6.45, 7) is 0.672. The first-order valence-corrected chi connectivity index (χ1v) is 8.36. The van der Waals surface area contributed by atoms with Crippen LogP contribution in [-0.4, -0.2) is 42.5 Å². The number of ether oxygens (including phenoxy) is 1. The summed E-state index contributed by atoms with van der Waals surface area (Å²) in [4.78, 5) is 25.6. The van der Waals surface area contributed by atoms with Crippen molar-refractivity contribution >= 4 is 11.8 Å². The van der Waals surface area contributed by atoms with Crippen LogP contribution in [0.5, 0.6) is 0 Å². The van der Waals surface area contributed by atoms with Gasteiger partial charge in [-0.3, -0.25) is 9.59 Å². The van der Waals surface area contributed by atoms with Crippen LogP contribution >= 0.6 is 0 Å². The first-order valence-electron chi connectivity index (χ1n) is 8.36. The number of piperidine rings is 1. The molecule has 1 aliphatic heterocycles. The number of aryl methyl sites for hydroxylation is 1. The maximum Gasteiger partial charge on any atom is 0.223 e. The zero-order valence-corrected chi connectivity index (χ0v) is 14.0. The average Bonchev–Trinajstić information content (AvgIpc) is 2.58. The van der Waals surface area contributed by atoms with E-state index < -0.39 is 0 Å². The van der Waals surface area contributed by atoms with Gasteiger partial charge in [-0.05, 0) is 43.4 Å². The quantitative estimate of drug-likeness (QED) is 0.828. The van der Waals surface area contributed by atoms with Crippen LogP contribution in [0.4, 0.5) is 4.39 Å². The largest absolute Gasteiger partial charge is 0.379 e. The number of amides is 2. The fourth-order valence-electron chi connectivity index (χ4n) is 3.28. The van der Waals surface area contributed by atoms with Gasteiger partial charge >= 0.3 is 0 Å². The van der Waals surface area contributed by atoms with Gasteiger partial charge < -0.3 is 15.4 Å². The van der Waals surface area contributed by atoms with Gasteiger partial charge in [0.1, 0.15) is 5.82 Å². The van der Waals surface area contributed by atoms with Crippen molar-refractivity contribution in [2.75, 3.05) is 13.7 Å². The normalized spacial score (nSPS) is 20.8. The molecule has 0 spiro atoms. The fraction of sp³-hybridized carbons (Fsp3) is 0.556. The van der Waals surface area contributed by atoms with Crippen LogP contribution < -0.4 is 5.73 Å². The second-order valence-corrected chi connectivity index (χ2v) is 6.20. The lowest BCUT2D eigenvalue weighted by molar-refractivity contribution is -0.140. The molecule has 24 heavy (non-hydrogen) atoms. The third kappa shape index (κ3) is 5.03. The van der Waals surface area contributed by atoms with E-state index in [-0.39, 0.29) is 36.2 Å². The van der Waals surface area contributed by atoms with E-state index in [0.717, 1.165) is 18.4 Å². The molecule has 1 heterocycles. The molecule has 0 saturated carbocycles. The zero-order valence-electron chi connectivity index (χ0n) is 14.0. The van der Waals surface area contributed by atoms with Gasteiger partial charge in [0.15, 0.2) is 0 Å². The minimum atomic E-state index is -0.367. The highest BCUT2D eigenvalue weighted by Gasteiger charge is 2.34. The number of hydrogen-bond acceptors (Lipinski definition) is 3. The van der Waals surface area contributed by atoms with Crippen LogP contribution in [0.15, 0.2) is 24.3 Å². The number of rotatable bonds is 7. The van der Waals surface area contributed by atoms with E-state index >= 15 is 0 Å². The summed E-state index contributed by atoms with van der Waals surface area (Å²) in [5.74, 6) is -0.611. The highest BCUT2D eigenvalue weighted by atomic mass is 19.1. The van der Waals surface area contributed by atoms with Crippen LogP contribution in [0.1, 0.15) is 37.7 Å². The number of likely N-dealkylation sites (tertiary alicyclic amines) is 1. The van der Waals surface area contributed by atoms with Crippen molar-refractivity contribution < 1.29 is 18.7 Å². The predicted molar refractivity (Wildman–Crippen MR) is 88.7 cm³/mol. The number of hydrogen-bond donors (Lipinski definition) is 1. The standard InChI is InChI=1S/C18H25FN2O3/c1-24-16-3-2-12-21(15(16)9-10-17(20)22)18(23)11-6-13-4-7-14(19)8-5-13/h4-5,7-8,15-16H,2-3,6,9-12H2,1H3,(H2,20,22)/t15-,16-/m0/s1. The number of benzene rings is 1. The lowest BCUT2D eigenvalue weighted by Gasteiger charge is -2.40. The summed E-state index contributed by atoms with van der Waals surface area (Å²) in [6.07, 6.45) is 3.39. The second kappa shape index (κ2) is 8.78. The Hall–Kier alpha value is -1.95. The van der Waals surface area contributed by atoms with Crippen LogP contribution in [-0.2, 0) is 20.7 Å². The maximum absolute atomic E-state index is 12.9. The molecule has 1 aromatic rings. The lowest BCUT2D eigenvalue weighted by Crippen LogP contribution is -2.52. The smallest absolute Gasteiger partial charge is 0.223 e. The maximum atomic E-state index is 12.9. The molecule has 2 atom stereocenters. The Bertz CT molecular complexity index is 562. The fourth-order valence-corrected chi connectivity index (χ4v) is 3.28. The lowest BCUT2D eigenvalue weighted by atomic mass is 9.93. The number of primary amides is 1. The Balaban J connectivity index is 1.98. The van der Waals surface area contributed by atoms with E-state index in [1.165, 1.54) is 12.1 Å². The predicted octanol–water partition coefficient (Wildman–Crippen LogP) is 2.03. The van der Waals surface area contributed by atoms with Crippen molar-refractivity contribution in [2.24, 2.45) is 5.73 Å². The van der Waals surface area contributed by atoms with Gasteiger partial charge in [-0.25, -0.2) is 4.39 Å². The van der Waals surface area contributed by atoms with E-state index in [9.17, 15) is 14.0 Å². The summed E-state index contributed by atoms with van der Waals surface area (Å²) < 4.78 is 18.4. The molecule has 2 amide bonds. The molecule has 0 radical (unpaired) electrons. The van der Waals surface area contributed by atoms with Crippen LogP contribution in [0.25, 0.3) is 0 Å². The molecule has 2 rings (SSSR count). The van der Waals surface area contributed by atoms with Crippen molar-refractivity contribution in [1.82, 2.24) is 4.90 Å². The molecular weight excluding hydrogens is 311 g/mol. The molecule has 1 fully saturated rings. The van der Waals surface area contributed by atoms with E-state index in [1.54, 1.807) is 19.2 Å². The van der Waals surface area contributed by atoms with Crippen molar-refractivity contribution in [2.45, 2.75) is 50.7 Å². The molecule has 5 nitrogen and oxygen atoms in total. The number of halogens is 1. The monoisotopic (exact) mass is 336 g/mol. The minimum Gasteiger partial charge on any atom is -0.379 e. The van der Waals surface area contributed by atoms with Gasteiger partial charge in [0, 0.05) is 26.5 Å². The van der Waals surface area contributed by atoms with Crippen LogP contribution in [0.3, 0.4) is 0 Å². The number of methoxy groups -OCH3 is 1. The number of carbonyl (C=O) groups excluding carboxylic acids is 2. The molecule has 0 bridgehead atoms. The van der Waals surface area contributed by atoms with Gasteiger partial charge in [-0.2, -0.15) is 0 Å². The topological polar surface area (TPSA) is 72.6 Å². The second-order valence-electron chi connectivity index (χ2n) is 6.20. The molecular formula is C18H25FN2O3. The summed E-state index contributed by atoms with van der Waals surface area (Å²) in [5.41, 5.74) is 6.18. The number of nitrogens with zero attached hydrogens (tertiary/aromatic N) is 1.